The SMILES string of the molecule is COc1cccc(Nc2cc(C)nc([C@@H]3CCCN(C(=O)COC(C)C)C3)c2)c1. The molecule has 1 aliphatic heterocycles. The highest BCUT2D eigenvalue weighted by atomic mass is 16.5. The minimum atomic E-state index is 0.0585. The molecular formula is C23H31N3O3. The summed E-state index contributed by atoms with van der Waals surface area (Å²) in [6, 6.07) is 12.0. The van der Waals surface area contributed by atoms with Crippen molar-refractivity contribution < 1.29 is 14.3 Å². The van der Waals surface area contributed by atoms with Gasteiger partial charge in [-0.05, 0) is 57.9 Å². The Labute approximate surface area is 173 Å². The van der Waals surface area contributed by atoms with Gasteiger partial charge in [0.1, 0.15) is 12.4 Å². The van der Waals surface area contributed by atoms with Crippen molar-refractivity contribution in [3.8, 4) is 5.75 Å². The Hall–Kier alpha value is -2.60. The molecule has 0 unspecified atom stereocenters. The normalized spacial score (nSPS) is 16.7. The van der Waals surface area contributed by atoms with E-state index in [1.807, 2.05) is 56.0 Å². The van der Waals surface area contributed by atoms with Gasteiger partial charge in [0.25, 0.3) is 0 Å². The molecular weight excluding hydrogens is 366 g/mol. The van der Waals surface area contributed by atoms with Crippen molar-refractivity contribution in [1.82, 2.24) is 9.88 Å². The minimum Gasteiger partial charge on any atom is -0.497 e. The summed E-state index contributed by atoms with van der Waals surface area (Å²) < 4.78 is 10.8. The molecule has 0 spiro atoms. The van der Waals surface area contributed by atoms with Crippen molar-refractivity contribution in [2.24, 2.45) is 0 Å². The molecule has 1 atom stereocenters. The predicted octanol–water partition coefficient (Wildman–Crippen LogP) is 4.27. The average molecular weight is 398 g/mol. The summed E-state index contributed by atoms with van der Waals surface area (Å²) in [5, 5.41) is 3.45. The minimum absolute atomic E-state index is 0.0585. The Morgan fingerprint density at radius 3 is 2.86 bits per heavy atom. The van der Waals surface area contributed by atoms with Crippen LogP contribution in [-0.4, -0.2) is 48.7 Å². The number of aryl methyl sites for hydroxylation is 1. The van der Waals surface area contributed by atoms with Crippen molar-refractivity contribution in [1.29, 1.82) is 0 Å². The number of methoxy groups -OCH3 is 1. The van der Waals surface area contributed by atoms with Gasteiger partial charge in [-0.1, -0.05) is 6.07 Å². The van der Waals surface area contributed by atoms with Gasteiger partial charge in [-0.2, -0.15) is 0 Å². The van der Waals surface area contributed by atoms with Crippen LogP contribution in [0.3, 0.4) is 0 Å². The van der Waals surface area contributed by atoms with Crippen molar-refractivity contribution in [2.45, 2.75) is 45.6 Å². The smallest absolute Gasteiger partial charge is 0.248 e. The predicted molar refractivity (Wildman–Crippen MR) is 115 cm³/mol. The van der Waals surface area contributed by atoms with Crippen molar-refractivity contribution >= 4 is 17.3 Å². The second kappa shape index (κ2) is 9.74. The van der Waals surface area contributed by atoms with Gasteiger partial charge in [0.15, 0.2) is 0 Å². The Balaban J connectivity index is 1.72. The number of hydrogen-bond donors (Lipinski definition) is 1. The number of hydrogen-bond acceptors (Lipinski definition) is 5. The first-order valence-corrected chi connectivity index (χ1v) is 10.2. The molecule has 6 heteroatoms. The maximum atomic E-state index is 12.5. The molecule has 0 bridgehead atoms. The summed E-state index contributed by atoms with van der Waals surface area (Å²) >= 11 is 0. The van der Waals surface area contributed by atoms with Gasteiger partial charge in [0, 0.05) is 47.8 Å². The first kappa shape index (κ1) is 21.1. The molecule has 2 aromatic rings. The molecule has 1 N–H and O–H groups in total. The Kier molecular flexibility index (Phi) is 7.09. The third kappa shape index (κ3) is 5.94. The Morgan fingerprint density at radius 1 is 1.28 bits per heavy atom. The number of ether oxygens (including phenoxy) is 2. The highest BCUT2D eigenvalue weighted by Crippen LogP contribution is 2.29. The molecule has 0 saturated carbocycles. The standard InChI is InChI=1S/C23H31N3O3/c1-16(2)29-15-23(27)26-10-6-7-18(14-26)22-13-20(11-17(3)24-22)25-19-8-5-9-21(12-19)28-4/h5,8-9,11-13,16,18H,6-7,10,14-15H2,1-4H3,(H,24,25)/t18-/m1/s1. The molecule has 1 saturated heterocycles. The van der Waals surface area contributed by atoms with E-state index in [0.717, 1.165) is 47.9 Å². The van der Waals surface area contributed by atoms with Crippen LogP contribution in [0, 0.1) is 6.92 Å². The zero-order valence-corrected chi connectivity index (χ0v) is 17.8. The molecule has 156 valence electrons. The number of amides is 1. The van der Waals surface area contributed by atoms with Gasteiger partial charge < -0.3 is 19.7 Å². The van der Waals surface area contributed by atoms with E-state index in [9.17, 15) is 4.79 Å². The van der Waals surface area contributed by atoms with Gasteiger partial charge in [0.05, 0.1) is 13.2 Å². The van der Waals surface area contributed by atoms with Gasteiger partial charge in [-0.3, -0.25) is 9.78 Å². The molecule has 0 aliphatic carbocycles. The van der Waals surface area contributed by atoms with Gasteiger partial charge >= 0.3 is 0 Å². The highest BCUT2D eigenvalue weighted by Gasteiger charge is 2.26. The quantitative estimate of drug-likeness (QED) is 0.756. The van der Waals surface area contributed by atoms with Crippen LogP contribution in [0.2, 0.25) is 0 Å². The summed E-state index contributed by atoms with van der Waals surface area (Å²) in [5.41, 5.74) is 3.94. The number of anilines is 2. The highest BCUT2D eigenvalue weighted by molar-refractivity contribution is 5.77. The topological polar surface area (TPSA) is 63.7 Å². The molecule has 3 rings (SSSR count). The maximum Gasteiger partial charge on any atom is 0.248 e. The van der Waals surface area contributed by atoms with Crippen LogP contribution in [0.15, 0.2) is 36.4 Å². The van der Waals surface area contributed by atoms with E-state index in [2.05, 4.69) is 11.4 Å². The van der Waals surface area contributed by atoms with Crippen LogP contribution in [0.5, 0.6) is 5.75 Å². The molecule has 0 radical (unpaired) electrons. The number of piperidine rings is 1. The fourth-order valence-corrected chi connectivity index (χ4v) is 3.62. The summed E-state index contributed by atoms with van der Waals surface area (Å²) in [4.78, 5) is 19.2. The fourth-order valence-electron chi connectivity index (χ4n) is 3.62. The lowest BCUT2D eigenvalue weighted by atomic mass is 9.93. The number of benzene rings is 1. The lowest BCUT2D eigenvalue weighted by Gasteiger charge is -2.33. The van der Waals surface area contributed by atoms with E-state index in [0.29, 0.717) is 6.54 Å². The van der Waals surface area contributed by atoms with Crippen LogP contribution < -0.4 is 10.1 Å². The zero-order chi connectivity index (χ0) is 20.8. The fraction of sp³-hybridized carbons (Fsp3) is 0.478. The zero-order valence-electron chi connectivity index (χ0n) is 17.8. The van der Waals surface area contributed by atoms with Crippen molar-refractivity contribution in [3.05, 3.63) is 47.8 Å². The Morgan fingerprint density at radius 2 is 2.10 bits per heavy atom. The number of carbonyl (C=O) groups excluding carboxylic acids is 1. The van der Waals surface area contributed by atoms with Gasteiger partial charge in [-0.25, -0.2) is 0 Å². The maximum absolute atomic E-state index is 12.5. The van der Waals surface area contributed by atoms with E-state index >= 15 is 0 Å². The molecule has 1 aliphatic rings. The first-order chi connectivity index (χ1) is 13.9. The van der Waals surface area contributed by atoms with E-state index < -0.39 is 0 Å². The van der Waals surface area contributed by atoms with Crippen molar-refractivity contribution in [2.75, 3.05) is 32.1 Å². The molecule has 1 fully saturated rings. The van der Waals surface area contributed by atoms with E-state index in [-0.39, 0.29) is 24.5 Å². The molecule has 29 heavy (non-hydrogen) atoms. The van der Waals surface area contributed by atoms with E-state index in [1.165, 1.54) is 0 Å². The van der Waals surface area contributed by atoms with E-state index in [4.69, 9.17) is 14.5 Å². The largest absolute Gasteiger partial charge is 0.497 e. The summed E-state index contributed by atoms with van der Waals surface area (Å²) in [6.07, 6.45) is 2.07. The van der Waals surface area contributed by atoms with Gasteiger partial charge in [-0.15, -0.1) is 0 Å². The second-order valence-corrected chi connectivity index (χ2v) is 7.82. The van der Waals surface area contributed by atoms with E-state index in [1.54, 1.807) is 7.11 Å². The van der Waals surface area contributed by atoms with Crippen LogP contribution in [-0.2, 0) is 9.53 Å². The van der Waals surface area contributed by atoms with Gasteiger partial charge in [0.2, 0.25) is 5.91 Å². The number of carbonyl (C=O) groups is 1. The third-order valence-corrected chi connectivity index (χ3v) is 5.06. The second-order valence-electron chi connectivity index (χ2n) is 7.82. The summed E-state index contributed by atoms with van der Waals surface area (Å²) in [6.45, 7) is 7.52. The number of nitrogens with one attached hydrogen (secondary N) is 1. The Bertz CT molecular complexity index is 838. The van der Waals surface area contributed by atoms with Crippen LogP contribution in [0.1, 0.15) is 44.0 Å². The average Bonchev–Trinajstić information content (AvgIpc) is 2.71. The summed E-state index contributed by atoms with van der Waals surface area (Å²) in [5.74, 6) is 1.11. The molecule has 6 nitrogen and oxygen atoms in total. The third-order valence-electron chi connectivity index (χ3n) is 5.06. The van der Waals surface area contributed by atoms with Crippen LogP contribution in [0.25, 0.3) is 0 Å². The molecule has 2 heterocycles. The molecule has 1 aromatic heterocycles. The number of aromatic nitrogens is 1. The first-order valence-electron chi connectivity index (χ1n) is 10.2. The monoisotopic (exact) mass is 397 g/mol. The van der Waals surface area contributed by atoms with Crippen LogP contribution >= 0.6 is 0 Å². The lowest BCUT2D eigenvalue weighted by molar-refractivity contribution is -0.138. The number of likely N-dealkylation sites (tertiary alicyclic amines) is 1. The number of pyridine rings is 1. The lowest BCUT2D eigenvalue weighted by Crippen LogP contribution is -2.41. The number of nitrogens with zero attached hydrogens (tertiary/aromatic N) is 2. The number of rotatable bonds is 7. The molecule has 1 aromatic carbocycles. The summed E-state index contributed by atoms with van der Waals surface area (Å²) in [7, 11) is 1.66. The van der Waals surface area contributed by atoms with Crippen LogP contribution in [0.4, 0.5) is 11.4 Å². The molecule has 1 amide bonds. The van der Waals surface area contributed by atoms with Crippen molar-refractivity contribution in [3.63, 3.8) is 0 Å².